The standard InChI is InChI=1S/C22H25ClN2O4/c1-4-5-12-29-20-10-6-16(13-21(20)28-3)7-11-22(27)25-19-14-17(23)8-9-18(19)24-15(2)26/h6-11,13-14H,4-5,12H2,1-3H3,(H,24,26)(H,25,27)/b11-7+. The van der Waals surface area contributed by atoms with Gasteiger partial charge >= 0.3 is 0 Å². The Balaban J connectivity index is 2.09. The third-order valence-electron chi connectivity index (χ3n) is 3.92. The van der Waals surface area contributed by atoms with Crippen LogP contribution in [0.2, 0.25) is 5.02 Å². The van der Waals surface area contributed by atoms with Crippen LogP contribution >= 0.6 is 11.6 Å². The molecule has 2 amide bonds. The van der Waals surface area contributed by atoms with E-state index in [4.69, 9.17) is 21.1 Å². The average Bonchev–Trinajstić information content (AvgIpc) is 2.69. The van der Waals surface area contributed by atoms with E-state index in [0.29, 0.717) is 34.5 Å². The van der Waals surface area contributed by atoms with Crippen LogP contribution in [0.3, 0.4) is 0 Å². The lowest BCUT2D eigenvalue weighted by molar-refractivity contribution is -0.114. The molecular weight excluding hydrogens is 392 g/mol. The number of carbonyl (C=O) groups excluding carboxylic acids is 2. The number of hydrogen-bond acceptors (Lipinski definition) is 4. The van der Waals surface area contributed by atoms with Gasteiger partial charge in [0.2, 0.25) is 11.8 Å². The third-order valence-corrected chi connectivity index (χ3v) is 4.16. The Morgan fingerprint density at radius 2 is 1.86 bits per heavy atom. The summed E-state index contributed by atoms with van der Waals surface area (Å²) in [4.78, 5) is 23.6. The first-order chi connectivity index (χ1) is 13.9. The molecule has 6 nitrogen and oxygen atoms in total. The summed E-state index contributed by atoms with van der Waals surface area (Å²) >= 11 is 6.00. The lowest BCUT2D eigenvalue weighted by atomic mass is 10.2. The summed E-state index contributed by atoms with van der Waals surface area (Å²) in [6.45, 7) is 4.12. The van der Waals surface area contributed by atoms with Crippen LogP contribution in [0.25, 0.3) is 6.08 Å². The van der Waals surface area contributed by atoms with Crippen LogP contribution in [-0.4, -0.2) is 25.5 Å². The number of ether oxygens (including phenoxy) is 2. The molecule has 2 rings (SSSR count). The highest BCUT2D eigenvalue weighted by molar-refractivity contribution is 6.31. The number of carbonyl (C=O) groups is 2. The highest BCUT2D eigenvalue weighted by Crippen LogP contribution is 2.29. The summed E-state index contributed by atoms with van der Waals surface area (Å²) in [5.74, 6) is 0.667. The molecule has 0 spiro atoms. The van der Waals surface area contributed by atoms with Gasteiger partial charge in [-0.3, -0.25) is 9.59 Å². The van der Waals surface area contributed by atoms with E-state index < -0.39 is 0 Å². The van der Waals surface area contributed by atoms with Crippen molar-refractivity contribution in [1.82, 2.24) is 0 Å². The second-order valence-electron chi connectivity index (χ2n) is 6.31. The van der Waals surface area contributed by atoms with Gasteiger partial charge in [0.05, 0.1) is 25.1 Å². The van der Waals surface area contributed by atoms with Gasteiger partial charge in [-0.15, -0.1) is 0 Å². The van der Waals surface area contributed by atoms with E-state index in [1.54, 1.807) is 37.5 Å². The number of unbranched alkanes of at least 4 members (excludes halogenated alkanes) is 1. The molecule has 0 aromatic heterocycles. The maximum Gasteiger partial charge on any atom is 0.248 e. The summed E-state index contributed by atoms with van der Waals surface area (Å²) in [5.41, 5.74) is 1.67. The van der Waals surface area contributed by atoms with Crippen molar-refractivity contribution in [3.05, 3.63) is 53.1 Å². The summed E-state index contributed by atoms with van der Waals surface area (Å²) in [7, 11) is 1.57. The zero-order chi connectivity index (χ0) is 21.2. The summed E-state index contributed by atoms with van der Waals surface area (Å²) in [6.07, 6.45) is 5.07. The fraction of sp³-hybridized carbons (Fsp3) is 0.273. The van der Waals surface area contributed by atoms with Crippen molar-refractivity contribution in [3.8, 4) is 11.5 Å². The Morgan fingerprint density at radius 1 is 1.07 bits per heavy atom. The number of benzene rings is 2. The molecule has 0 radical (unpaired) electrons. The second-order valence-corrected chi connectivity index (χ2v) is 6.74. The Bertz CT molecular complexity index is 896. The number of rotatable bonds is 9. The molecule has 0 aliphatic rings. The molecule has 0 aliphatic carbocycles. The van der Waals surface area contributed by atoms with Crippen molar-refractivity contribution in [3.63, 3.8) is 0 Å². The number of anilines is 2. The lowest BCUT2D eigenvalue weighted by Crippen LogP contribution is -2.13. The number of amides is 2. The minimum Gasteiger partial charge on any atom is -0.493 e. The normalized spacial score (nSPS) is 10.6. The van der Waals surface area contributed by atoms with Gasteiger partial charge in [-0.05, 0) is 48.4 Å². The van der Waals surface area contributed by atoms with Gasteiger partial charge in [0.15, 0.2) is 11.5 Å². The van der Waals surface area contributed by atoms with Crippen molar-refractivity contribution in [2.24, 2.45) is 0 Å². The third kappa shape index (κ3) is 7.16. The molecule has 0 atom stereocenters. The number of hydrogen-bond donors (Lipinski definition) is 2. The molecule has 0 saturated heterocycles. The van der Waals surface area contributed by atoms with Crippen molar-refractivity contribution < 1.29 is 19.1 Å². The quantitative estimate of drug-likeness (QED) is 0.438. The Labute approximate surface area is 175 Å². The predicted octanol–water partition coefficient (Wildman–Crippen LogP) is 5.14. The van der Waals surface area contributed by atoms with Gasteiger partial charge in [-0.1, -0.05) is 31.0 Å². The van der Waals surface area contributed by atoms with Crippen LogP contribution < -0.4 is 20.1 Å². The molecule has 29 heavy (non-hydrogen) atoms. The molecule has 2 aromatic rings. The van der Waals surface area contributed by atoms with E-state index in [2.05, 4.69) is 17.6 Å². The van der Waals surface area contributed by atoms with E-state index >= 15 is 0 Å². The molecule has 2 aromatic carbocycles. The Morgan fingerprint density at radius 3 is 2.55 bits per heavy atom. The van der Waals surface area contributed by atoms with Crippen LogP contribution in [0, 0.1) is 0 Å². The van der Waals surface area contributed by atoms with E-state index in [-0.39, 0.29) is 11.8 Å². The van der Waals surface area contributed by atoms with Crippen LogP contribution in [-0.2, 0) is 9.59 Å². The molecule has 0 unspecified atom stereocenters. The van der Waals surface area contributed by atoms with E-state index in [1.807, 2.05) is 12.1 Å². The van der Waals surface area contributed by atoms with E-state index in [9.17, 15) is 9.59 Å². The van der Waals surface area contributed by atoms with Crippen LogP contribution in [0.4, 0.5) is 11.4 Å². The maximum absolute atomic E-state index is 12.3. The molecule has 2 N–H and O–H groups in total. The Kier molecular flexibility index (Phi) is 8.55. The zero-order valence-corrected chi connectivity index (χ0v) is 17.5. The smallest absolute Gasteiger partial charge is 0.248 e. The fourth-order valence-corrected chi connectivity index (χ4v) is 2.67. The summed E-state index contributed by atoms with van der Waals surface area (Å²) < 4.78 is 11.1. The maximum atomic E-state index is 12.3. The summed E-state index contributed by atoms with van der Waals surface area (Å²) in [5, 5.41) is 5.82. The molecule has 0 fully saturated rings. The molecule has 0 aliphatic heterocycles. The molecule has 0 saturated carbocycles. The summed E-state index contributed by atoms with van der Waals surface area (Å²) in [6, 6.07) is 10.3. The first-order valence-electron chi connectivity index (χ1n) is 9.30. The zero-order valence-electron chi connectivity index (χ0n) is 16.8. The van der Waals surface area contributed by atoms with Crippen molar-refractivity contribution in [2.45, 2.75) is 26.7 Å². The number of halogens is 1. The number of methoxy groups -OCH3 is 1. The van der Waals surface area contributed by atoms with Gasteiger partial charge in [-0.2, -0.15) is 0 Å². The average molecular weight is 417 g/mol. The van der Waals surface area contributed by atoms with Gasteiger partial charge in [0.1, 0.15) is 0 Å². The Hall–Kier alpha value is -2.99. The number of nitrogens with one attached hydrogen (secondary N) is 2. The predicted molar refractivity (Wildman–Crippen MR) is 117 cm³/mol. The second kappa shape index (κ2) is 11.1. The van der Waals surface area contributed by atoms with Crippen LogP contribution in [0.5, 0.6) is 11.5 Å². The van der Waals surface area contributed by atoms with Crippen molar-refractivity contribution in [1.29, 1.82) is 0 Å². The van der Waals surface area contributed by atoms with Crippen LogP contribution in [0.15, 0.2) is 42.5 Å². The van der Waals surface area contributed by atoms with Gasteiger partial charge in [-0.25, -0.2) is 0 Å². The topological polar surface area (TPSA) is 76.7 Å². The molecule has 0 heterocycles. The van der Waals surface area contributed by atoms with Gasteiger partial charge in [0, 0.05) is 18.0 Å². The first kappa shape index (κ1) is 22.3. The monoisotopic (exact) mass is 416 g/mol. The molecular formula is C22H25ClN2O4. The highest BCUT2D eigenvalue weighted by Gasteiger charge is 2.08. The van der Waals surface area contributed by atoms with Crippen molar-refractivity contribution >= 4 is 40.9 Å². The largest absolute Gasteiger partial charge is 0.493 e. The van der Waals surface area contributed by atoms with Gasteiger partial charge in [0.25, 0.3) is 0 Å². The molecule has 154 valence electrons. The first-order valence-corrected chi connectivity index (χ1v) is 9.67. The minimum atomic E-state index is -0.360. The van der Waals surface area contributed by atoms with Gasteiger partial charge < -0.3 is 20.1 Å². The SMILES string of the molecule is CCCCOc1ccc(/C=C/C(=O)Nc2cc(Cl)ccc2NC(C)=O)cc1OC. The van der Waals surface area contributed by atoms with E-state index in [0.717, 1.165) is 18.4 Å². The van der Waals surface area contributed by atoms with E-state index in [1.165, 1.54) is 13.0 Å². The highest BCUT2D eigenvalue weighted by atomic mass is 35.5. The van der Waals surface area contributed by atoms with Crippen molar-refractivity contribution in [2.75, 3.05) is 24.4 Å². The fourth-order valence-electron chi connectivity index (χ4n) is 2.50. The molecule has 7 heteroatoms. The molecule has 0 bridgehead atoms. The lowest BCUT2D eigenvalue weighted by Gasteiger charge is -2.11. The minimum absolute atomic E-state index is 0.244. The van der Waals surface area contributed by atoms with Crippen LogP contribution in [0.1, 0.15) is 32.3 Å².